The summed E-state index contributed by atoms with van der Waals surface area (Å²) in [6.07, 6.45) is 3.61. The lowest BCUT2D eigenvalue weighted by Crippen LogP contribution is -2.05. The van der Waals surface area contributed by atoms with Crippen molar-refractivity contribution < 1.29 is 9.47 Å². The third-order valence-corrected chi connectivity index (χ3v) is 4.90. The number of aryl methyl sites for hydroxylation is 1. The van der Waals surface area contributed by atoms with E-state index < -0.39 is 0 Å². The highest BCUT2D eigenvalue weighted by molar-refractivity contribution is 7.71. The Kier molecular flexibility index (Phi) is 5.64. The number of ether oxygens (including phenoxy) is 2. The van der Waals surface area contributed by atoms with Crippen molar-refractivity contribution in [3.05, 3.63) is 75.8 Å². The molecule has 1 N–H and O–H groups in total. The second-order valence-electron chi connectivity index (χ2n) is 6.76. The van der Waals surface area contributed by atoms with Crippen molar-refractivity contribution in [1.29, 1.82) is 0 Å². The van der Waals surface area contributed by atoms with Crippen LogP contribution in [0.3, 0.4) is 0 Å². The zero-order valence-electron chi connectivity index (χ0n) is 15.7. The molecule has 0 bridgehead atoms. The number of aromatic nitrogens is 3. The number of nitrogens with one attached hydrogen (secondary N) is 1. The molecule has 2 heterocycles. The van der Waals surface area contributed by atoms with Gasteiger partial charge >= 0.3 is 0 Å². The van der Waals surface area contributed by atoms with Gasteiger partial charge in [0.15, 0.2) is 5.82 Å². The normalized spacial score (nSPS) is 16.7. The maximum Gasteiger partial charge on any atom is 0.216 e. The Morgan fingerprint density at radius 2 is 2.11 bits per heavy atom. The SMILES string of the molecule is Cc1ccc(COc2ccccc2/C=N\n2c(C3CCCO3)n[nH]c2=S)cc1. The maximum absolute atomic E-state index is 6.02. The predicted octanol–water partition coefficient (Wildman–Crippen LogP) is 4.56. The summed E-state index contributed by atoms with van der Waals surface area (Å²) in [5, 5.41) is 11.6. The highest BCUT2D eigenvalue weighted by atomic mass is 32.1. The number of para-hydroxylation sites is 1. The minimum atomic E-state index is -0.0712. The number of aromatic amines is 1. The second-order valence-corrected chi connectivity index (χ2v) is 7.14. The largest absolute Gasteiger partial charge is 0.488 e. The molecule has 0 radical (unpaired) electrons. The van der Waals surface area contributed by atoms with Crippen LogP contribution in [0.2, 0.25) is 0 Å². The van der Waals surface area contributed by atoms with Crippen molar-refractivity contribution in [1.82, 2.24) is 14.9 Å². The lowest BCUT2D eigenvalue weighted by Gasteiger charge is -2.10. The quantitative estimate of drug-likeness (QED) is 0.492. The van der Waals surface area contributed by atoms with Gasteiger partial charge in [-0.2, -0.15) is 14.9 Å². The van der Waals surface area contributed by atoms with Crippen molar-refractivity contribution in [2.45, 2.75) is 32.5 Å². The molecule has 0 amide bonds. The summed E-state index contributed by atoms with van der Waals surface area (Å²) < 4.78 is 13.8. The Bertz CT molecular complexity index is 1020. The summed E-state index contributed by atoms with van der Waals surface area (Å²) in [5.41, 5.74) is 3.22. The van der Waals surface area contributed by atoms with Crippen LogP contribution in [0.5, 0.6) is 5.75 Å². The van der Waals surface area contributed by atoms with Crippen LogP contribution < -0.4 is 4.74 Å². The molecule has 0 spiro atoms. The molecule has 1 atom stereocenters. The average Bonchev–Trinajstić information content (AvgIpc) is 3.36. The van der Waals surface area contributed by atoms with Gasteiger partial charge in [0, 0.05) is 12.2 Å². The van der Waals surface area contributed by atoms with Crippen molar-refractivity contribution in [3.63, 3.8) is 0 Å². The molecule has 6 nitrogen and oxygen atoms in total. The Morgan fingerprint density at radius 3 is 2.89 bits per heavy atom. The summed E-state index contributed by atoms with van der Waals surface area (Å²) in [7, 11) is 0. The molecule has 0 aliphatic carbocycles. The van der Waals surface area contributed by atoms with Crippen LogP contribution in [0.15, 0.2) is 53.6 Å². The molecule has 0 saturated carbocycles. The first-order chi connectivity index (χ1) is 13.7. The summed E-state index contributed by atoms with van der Waals surface area (Å²) >= 11 is 5.33. The van der Waals surface area contributed by atoms with E-state index in [-0.39, 0.29) is 6.10 Å². The zero-order chi connectivity index (χ0) is 19.3. The van der Waals surface area contributed by atoms with Gasteiger partial charge in [0.2, 0.25) is 4.77 Å². The molecule has 1 fully saturated rings. The number of nitrogens with zero attached hydrogens (tertiary/aromatic N) is 3. The fraction of sp³-hybridized carbons (Fsp3) is 0.286. The molecular weight excluding hydrogens is 372 g/mol. The molecule has 144 valence electrons. The van der Waals surface area contributed by atoms with Gasteiger partial charge in [0.1, 0.15) is 18.5 Å². The van der Waals surface area contributed by atoms with Crippen LogP contribution in [0, 0.1) is 11.7 Å². The van der Waals surface area contributed by atoms with E-state index in [4.69, 9.17) is 21.7 Å². The maximum atomic E-state index is 6.02. The highest BCUT2D eigenvalue weighted by Gasteiger charge is 2.23. The highest BCUT2D eigenvalue weighted by Crippen LogP contribution is 2.27. The predicted molar refractivity (Wildman–Crippen MR) is 110 cm³/mol. The van der Waals surface area contributed by atoms with Gasteiger partial charge in [-0.25, -0.2) is 0 Å². The van der Waals surface area contributed by atoms with E-state index in [0.717, 1.165) is 36.3 Å². The molecule has 4 rings (SSSR count). The van der Waals surface area contributed by atoms with Gasteiger partial charge in [-0.15, -0.1) is 0 Å². The minimum absolute atomic E-state index is 0.0712. The molecule has 1 aromatic heterocycles. The molecule has 1 aliphatic heterocycles. The zero-order valence-corrected chi connectivity index (χ0v) is 16.5. The van der Waals surface area contributed by atoms with Gasteiger partial charge in [-0.3, -0.25) is 5.10 Å². The summed E-state index contributed by atoms with van der Waals surface area (Å²) in [5.74, 6) is 1.47. The lowest BCUT2D eigenvalue weighted by molar-refractivity contribution is 0.102. The van der Waals surface area contributed by atoms with Gasteiger partial charge in [0.05, 0.1) is 6.21 Å². The van der Waals surface area contributed by atoms with Crippen LogP contribution in [-0.4, -0.2) is 27.7 Å². The number of hydrogen-bond acceptors (Lipinski definition) is 5. The Hall–Kier alpha value is -2.77. The Balaban J connectivity index is 1.53. The van der Waals surface area contributed by atoms with E-state index in [2.05, 4.69) is 46.5 Å². The molecule has 1 saturated heterocycles. The lowest BCUT2D eigenvalue weighted by atomic mass is 10.1. The summed E-state index contributed by atoms with van der Waals surface area (Å²) in [4.78, 5) is 0. The minimum Gasteiger partial charge on any atom is -0.488 e. The Labute approximate surface area is 168 Å². The molecule has 1 unspecified atom stereocenters. The fourth-order valence-corrected chi connectivity index (χ4v) is 3.28. The molecule has 7 heteroatoms. The van der Waals surface area contributed by atoms with E-state index in [9.17, 15) is 0 Å². The summed E-state index contributed by atoms with van der Waals surface area (Å²) in [6.45, 7) is 3.31. The van der Waals surface area contributed by atoms with Crippen molar-refractivity contribution in [2.24, 2.45) is 5.10 Å². The van der Waals surface area contributed by atoms with Crippen molar-refractivity contribution in [3.8, 4) is 5.75 Å². The van der Waals surface area contributed by atoms with Crippen molar-refractivity contribution >= 4 is 18.4 Å². The van der Waals surface area contributed by atoms with Crippen LogP contribution in [0.1, 0.15) is 41.5 Å². The number of benzene rings is 2. The van der Waals surface area contributed by atoms with E-state index in [1.54, 1.807) is 10.9 Å². The van der Waals surface area contributed by atoms with Crippen LogP contribution in [-0.2, 0) is 11.3 Å². The summed E-state index contributed by atoms with van der Waals surface area (Å²) in [6, 6.07) is 16.1. The Morgan fingerprint density at radius 1 is 1.29 bits per heavy atom. The first-order valence-corrected chi connectivity index (χ1v) is 9.72. The molecule has 28 heavy (non-hydrogen) atoms. The first-order valence-electron chi connectivity index (χ1n) is 9.31. The van der Waals surface area contributed by atoms with Gasteiger partial charge in [-0.1, -0.05) is 42.0 Å². The molecule has 2 aromatic carbocycles. The molecular formula is C21H22N4O2S. The third-order valence-electron chi connectivity index (χ3n) is 4.64. The van der Waals surface area contributed by atoms with E-state index in [1.165, 1.54) is 5.56 Å². The molecule has 3 aromatic rings. The number of H-pyrrole nitrogens is 1. The number of hydrogen-bond donors (Lipinski definition) is 1. The molecule has 1 aliphatic rings. The smallest absolute Gasteiger partial charge is 0.216 e. The second kappa shape index (κ2) is 8.50. The number of rotatable bonds is 6. The monoisotopic (exact) mass is 394 g/mol. The topological polar surface area (TPSA) is 64.4 Å². The van der Waals surface area contributed by atoms with Gasteiger partial charge in [-0.05, 0) is 49.7 Å². The van der Waals surface area contributed by atoms with E-state index >= 15 is 0 Å². The van der Waals surface area contributed by atoms with Crippen LogP contribution >= 0.6 is 12.2 Å². The van der Waals surface area contributed by atoms with E-state index in [0.29, 0.717) is 17.2 Å². The van der Waals surface area contributed by atoms with Gasteiger partial charge in [0.25, 0.3) is 0 Å². The third kappa shape index (κ3) is 4.21. The first kappa shape index (κ1) is 18.6. The standard InChI is InChI=1S/C21H22N4O2S/c1-15-8-10-16(11-9-15)14-27-18-6-3-2-5-17(18)13-22-25-20(23-24-21(25)28)19-7-4-12-26-19/h2-3,5-6,8-11,13,19H,4,7,12,14H2,1H3,(H,24,28)/b22-13-. The van der Waals surface area contributed by atoms with E-state index in [1.807, 2.05) is 24.3 Å². The van der Waals surface area contributed by atoms with Gasteiger partial charge < -0.3 is 9.47 Å². The van der Waals surface area contributed by atoms with Crippen LogP contribution in [0.4, 0.5) is 0 Å². The fourth-order valence-electron chi connectivity index (χ4n) is 3.09. The van der Waals surface area contributed by atoms with Crippen LogP contribution in [0.25, 0.3) is 0 Å². The average molecular weight is 395 g/mol. The van der Waals surface area contributed by atoms with Crippen molar-refractivity contribution in [2.75, 3.05) is 6.61 Å².